The van der Waals surface area contributed by atoms with Gasteiger partial charge in [-0.15, -0.1) is 0 Å². The second kappa shape index (κ2) is 9.22. The highest BCUT2D eigenvalue weighted by molar-refractivity contribution is 6.04. The highest BCUT2D eigenvalue weighted by Gasteiger charge is 2.14. The van der Waals surface area contributed by atoms with Crippen LogP contribution < -0.4 is 19.5 Å². The van der Waals surface area contributed by atoms with Gasteiger partial charge in [-0.1, -0.05) is 11.2 Å². The van der Waals surface area contributed by atoms with E-state index in [-0.39, 0.29) is 5.91 Å². The first-order valence-electron chi connectivity index (χ1n) is 9.73. The van der Waals surface area contributed by atoms with Crippen molar-refractivity contribution in [2.45, 2.75) is 0 Å². The molecule has 0 unspecified atom stereocenters. The molecule has 0 saturated heterocycles. The zero-order valence-electron chi connectivity index (χ0n) is 17.8. The average Bonchev–Trinajstić information content (AvgIpc) is 3.34. The minimum atomic E-state index is -0.231. The highest BCUT2D eigenvalue weighted by atomic mass is 16.5. The second-order valence-corrected chi connectivity index (χ2v) is 6.76. The lowest BCUT2D eigenvalue weighted by Crippen LogP contribution is -2.11. The number of ether oxygens (including phenoxy) is 3. The van der Waals surface area contributed by atoms with Crippen molar-refractivity contribution >= 4 is 11.6 Å². The molecule has 1 amide bonds. The standard InChI is InChI=1S/C24H21N3O5/c1-29-19-6-4-5-17(13-19)23(28)25-18-10-7-15(8-11-18)24-26-22(27-32-24)16-9-12-20(30-2)21(14-16)31-3/h4-14H,1-3H3,(H,25,28). The summed E-state index contributed by atoms with van der Waals surface area (Å²) in [6.07, 6.45) is 0. The van der Waals surface area contributed by atoms with Crippen LogP contribution in [0.3, 0.4) is 0 Å². The molecular weight excluding hydrogens is 410 g/mol. The van der Waals surface area contributed by atoms with Gasteiger partial charge in [-0.25, -0.2) is 0 Å². The van der Waals surface area contributed by atoms with E-state index in [1.807, 2.05) is 6.07 Å². The van der Waals surface area contributed by atoms with E-state index in [4.69, 9.17) is 18.7 Å². The van der Waals surface area contributed by atoms with Crippen molar-refractivity contribution in [2.75, 3.05) is 26.6 Å². The van der Waals surface area contributed by atoms with Crippen LogP contribution in [0.25, 0.3) is 22.8 Å². The van der Waals surface area contributed by atoms with Crippen LogP contribution in [0.2, 0.25) is 0 Å². The quantitative estimate of drug-likeness (QED) is 0.454. The third-order valence-corrected chi connectivity index (χ3v) is 4.79. The molecule has 8 heteroatoms. The number of benzene rings is 3. The predicted octanol–water partition coefficient (Wildman–Crippen LogP) is 4.68. The van der Waals surface area contributed by atoms with Gasteiger partial charge in [0.1, 0.15) is 5.75 Å². The fourth-order valence-electron chi connectivity index (χ4n) is 3.10. The molecule has 3 aromatic carbocycles. The molecule has 0 atom stereocenters. The lowest BCUT2D eigenvalue weighted by Gasteiger charge is -2.07. The van der Waals surface area contributed by atoms with Crippen molar-refractivity contribution in [3.05, 3.63) is 72.3 Å². The Kier molecular flexibility index (Phi) is 6.03. The topological polar surface area (TPSA) is 95.7 Å². The van der Waals surface area contributed by atoms with Crippen molar-refractivity contribution in [2.24, 2.45) is 0 Å². The van der Waals surface area contributed by atoms with Gasteiger partial charge in [-0.3, -0.25) is 4.79 Å². The van der Waals surface area contributed by atoms with Gasteiger partial charge in [0.25, 0.3) is 11.8 Å². The van der Waals surface area contributed by atoms with Crippen LogP contribution in [-0.2, 0) is 0 Å². The van der Waals surface area contributed by atoms with Crippen LogP contribution in [0, 0.1) is 0 Å². The molecular formula is C24H21N3O5. The Hall–Kier alpha value is -4.33. The molecule has 32 heavy (non-hydrogen) atoms. The molecule has 0 saturated carbocycles. The van der Waals surface area contributed by atoms with Crippen LogP contribution in [0.15, 0.2) is 71.3 Å². The maximum atomic E-state index is 12.5. The fourth-order valence-corrected chi connectivity index (χ4v) is 3.10. The number of methoxy groups -OCH3 is 3. The van der Waals surface area contributed by atoms with Crippen LogP contribution in [-0.4, -0.2) is 37.4 Å². The van der Waals surface area contributed by atoms with E-state index < -0.39 is 0 Å². The van der Waals surface area contributed by atoms with Gasteiger partial charge in [0.05, 0.1) is 21.3 Å². The molecule has 1 aromatic heterocycles. The Morgan fingerprint density at radius 2 is 1.59 bits per heavy atom. The molecule has 8 nitrogen and oxygen atoms in total. The zero-order chi connectivity index (χ0) is 22.5. The molecule has 0 aliphatic heterocycles. The Morgan fingerprint density at radius 1 is 0.844 bits per heavy atom. The van der Waals surface area contributed by atoms with Gasteiger partial charge < -0.3 is 24.1 Å². The molecule has 1 N–H and O–H groups in total. The van der Waals surface area contributed by atoms with Gasteiger partial charge in [0, 0.05) is 22.4 Å². The SMILES string of the molecule is COc1cccc(C(=O)Nc2ccc(-c3nc(-c4ccc(OC)c(OC)c4)no3)cc2)c1. The lowest BCUT2D eigenvalue weighted by molar-refractivity contribution is 0.102. The van der Waals surface area contributed by atoms with Crippen LogP contribution >= 0.6 is 0 Å². The Labute approximate surface area is 184 Å². The normalized spacial score (nSPS) is 10.5. The van der Waals surface area contributed by atoms with Crippen molar-refractivity contribution in [3.8, 4) is 40.1 Å². The third kappa shape index (κ3) is 4.39. The lowest BCUT2D eigenvalue weighted by atomic mass is 10.1. The number of nitrogens with zero attached hydrogens (tertiary/aromatic N) is 2. The number of rotatable bonds is 7. The van der Waals surface area contributed by atoms with Crippen LogP contribution in [0.5, 0.6) is 17.2 Å². The fraction of sp³-hybridized carbons (Fsp3) is 0.125. The summed E-state index contributed by atoms with van der Waals surface area (Å²) in [5.74, 6) is 2.37. The van der Waals surface area contributed by atoms with Crippen molar-refractivity contribution in [1.29, 1.82) is 0 Å². The predicted molar refractivity (Wildman–Crippen MR) is 119 cm³/mol. The minimum absolute atomic E-state index is 0.231. The molecule has 0 aliphatic carbocycles. The molecule has 0 spiro atoms. The van der Waals surface area contributed by atoms with Crippen molar-refractivity contribution in [3.63, 3.8) is 0 Å². The van der Waals surface area contributed by atoms with Crippen molar-refractivity contribution < 1.29 is 23.5 Å². The first-order valence-corrected chi connectivity index (χ1v) is 9.73. The Bertz CT molecular complexity index is 1230. The van der Waals surface area contributed by atoms with Crippen molar-refractivity contribution in [1.82, 2.24) is 10.1 Å². The Morgan fingerprint density at radius 3 is 2.31 bits per heavy atom. The molecule has 0 radical (unpaired) electrons. The molecule has 0 aliphatic rings. The van der Waals surface area contributed by atoms with Crippen LogP contribution in [0.4, 0.5) is 5.69 Å². The summed E-state index contributed by atoms with van der Waals surface area (Å²) < 4.78 is 21.2. The molecule has 4 aromatic rings. The number of aromatic nitrogens is 2. The number of anilines is 1. The van der Waals surface area contributed by atoms with Gasteiger partial charge in [-0.05, 0) is 60.7 Å². The molecule has 0 fully saturated rings. The van der Waals surface area contributed by atoms with E-state index in [2.05, 4.69) is 15.5 Å². The Balaban J connectivity index is 1.49. The summed E-state index contributed by atoms with van der Waals surface area (Å²) in [5, 5.41) is 6.91. The summed E-state index contributed by atoms with van der Waals surface area (Å²) in [6, 6.07) is 19.5. The van der Waals surface area contributed by atoms with Gasteiger partial charge in [0.15, 0.2) is 11.5 Å². The minimum Gasteiger partial charge on any atom is -0.497 e. The monoisotopic (exact) mass is 431 g/mol. The van der Waals surface area contributed by atoms with Gasteiger partial charge >= 0.3 is 0 Å². The summed E-state index contributed by atoms with van der Waals surface area (Å²) in [4.78, 5) is 16.9. The first-order chi connectivity index (χ1) is 15.6. The van der Waals surface area contributed by atoms with Gasteiger partial charge in [0.2, 0.25) is 5.82 Å². The van der Waals surface area contributed by atoms with E-state index in [1.165, 1.54) is 0 Å². The van der Waals surface area contributed by atoms with E-state index in [1.54, 1.807) is 82.0 Å². The molecule has 0 bridgehead atoms. The number of nitrogens with one attached hydrogen (secondary N) is 1. The number of hydrogen-bond donors (Lipinski definition) is 1. The summed E-state index contributed by atoms with van der Waals surface area (Å²) in [5.41, 5.74) is 2.61. The van der Waals surface area contributed by atoms with E-state index in [9.17, 15) is 4.79 Å². The molecule has 1 heterocycles. The summed E-state index contributed by atoms with van der Waals surface area (Å²) in [6.45, 7) is 0. The maximum absolute atomic E-state index is 12.5. The van der Waals surface area contributed by atoms with E-state index >= 15 is 0 Å². The number of hydrogen-bond acceptors (Lipinski definition) is 7. The number of amides is 1. The maximum Gasteiger partial charge on any atom is 0.258 e. The third-order valence-electron chi connectivity index (χ3n) is 4.79. The summed E-state index contributed by atoms with van der Waals surface area (Å²) in [7, 11) is 4.70. The average molecular weight is 431 g/mol. The number of carbonyl (C=O) groups excluding carboxylic acids is 1. The van der Waals surface area contributed by atoms with E-state index in [0.717, 1.165) is 11.1 Å². The van der Waals surface area contributed by atoms with Crippen LogP contribution in [0.1, 0.15) is 10.4 Å². The number of carbonyl (C=O) groups is 1. The highest BCUT2D eigenvalue weighted by Crippen LogP contribution is 2.32. The first kappa shape index (κ1) is 20.9. The summed E-state index contributed by atoms with van der Waals surface area (Å²) >= 11 is 0. The molecule has 162 valence electrons. The zero-order valence-corrected chi connectivity index (χ0v) is 17.8. The second-order valence-electron chi connectivity index (χ2n) is 6.76. The van der Waals surface area contributed by atoms with Gasteiger partial charge in [-0.2, -0.15) is 4.98 Å². The van der Waals surface area contributed by atoms with E-state index in [0.29, 0.717) is 40.2 Å². The smallest absolute Gasteiger partial charge is 0.258 e. The molecule has 4 rings (SSSR count). The largest absolute Gasteiger partial charge is 0.497 e.